The quantitative estimate of drug-likeness (QED) is 0.0258. The van der Waals surface area contributed by atoms with E-state index in [1.54, 1.807) is 0 Å². The number of phosphoric ester groups is 1. The van der Waals surface area contributed by atoms with Crippen molar-refractivity contribution < 1.29 is 32.9 Å². The summed E-state index contributed by atoms with van der Waals surface area (Å²) in [6, 6.07) is -0.763. The molecule has 3 N–H and O–H groups in total. The van der Waals surface area contributed by atoms with Gasteiger partial charge in [-0.3, -0.25) is 13.8 Å². The highest BCUT2D eigenvalue weighted by molar-refractivity contribution is 7.47. The molecule has 9 heteroatoms. The maximum absolute atomic E-state index is 12.8. The second kappa shape index (κ2) is 32.9. The Kier molecular flexibility index (Phi) is 32.2. The number of phosphoric acid groups is 1. The van der Waals surface area contributed by atoms with Gasteiger partial charge in [0, 0.05) is 6.42 Å². The van der Waals surface area contributed by atoms with Crippen LogP contribution in [-0.2, 0) is 18.4 Å². The molecule has 0 saturated heterocycles. The lowest BCUT2D eigenvalue weighted by atomic mass is 10.0. The molecule has 0 aliphatic heterocycles. The normalized spacial score (nSPS) is 14.8. The number of aliphatic hydroxyl groups is 1. The number of hydrogen-bond donors (Lipinski definition) is 3. The summed E-state index contributed by atoms with van der Waals surface area (Å²) in [6.07, 6.45) is 36.2. The molecule has 0 aromatic carbocycles. The second-order valence-corrected chi connectivity index (χ2v) is 16.5. The predicted molar refractivity (Wildman–Crippen MR) is 208 cm³/mol. The summed E-state index contributed by atoms with van der Waals surface area (Å²) in [5, 5.41) is 13.9. The monoisotopic (exact) mass is 716 g/mol. The lowest BCUT2D eigenvalue weighted by Crippen LogP contribution is -2.46. The Morgan fingerprint density at radius 3 is 1.76 bits per heavy atom. The minimum atomic E-state index is -4.31. The van der Waals surface area contributed by atoms with E-state index >= 15 is 0 Å². The first-order valence-electron chi connectivity index (χ1n) is 20.2. The molecule has 0 aromatic rings. The topological polar surface area (TPSA) is 105 Å². The number of nitrogens with zero attached hydrogens (tertiary/aromatic N) is 1. The molecule has 3 unspecified atom stereocenters. The summed E-state index contributed by atoms with van der Waals surface area (Å²) < 4.78 is 23.5. The van der Waals surface area contributed by atoms with Crippen molar-refractivity contribution in [1.82, 2.24) is 5.32 Å². The van der Waals surface area contributed by atoms with Crippen molar-refractivity contribution in [3.05, 3.63) is 24.3 Å². The highest BCUT2D eigenvalue weighted by Gasteiger charge is 2.28. The Morgan fingerprint density at radius 2 is 1.20 bits per heavy atom. The van der Waals surface area contributed by atoms with Crippen molar-refractivity contribution in [1.29, 1.82) is 0 Å². The Labute approximate surface area is 303 Å². The van der Waals surface area contributed by atoms with Gasteiger partial charge in [0.1, 0.15) is 13.2 Å². The van der Waals surface area contributed by atoms with Crippen molar-refractivity contribution in [2.24, 2.45) is 0 Å². The molecule has 0 bridgehead atoms. The summed E-state index contributed by atoms with van der Waals surface area (Å²) in [5.74, 6) is -0.161. The van der Waals surface area contributed by atoms with Gasteiger partial charge in [0.25, 0.3) is 0 Å². The molecular weight excluding hydrogens is 635 g/mol. The number of carbonyl (C=O) groups excluding carboxylic acids is 1. The third kappa shape index (κ3) is 35.2. The van der Waals surface area contributed by atoms with Crippen molar-refractivity contribution in [3.63, 3.8) is 0 Å². The fourth-order valence-electron chi connectivity index (χ4n) is 5.67. The summed E-state index contributed by atoms with van der Waals surface area (Å²) >= 11 is 0. The third-order valence-corrected chi connectivity index (χ3v) is 9.92. The molecular formula is C40H80N2O6P+. The number of quaternary nitrogens is 1. The molecule has 0 radical (unpaired) electrons. The summed E-state index contributed by atoms with van der Waals surface area (Å²) in [6.45, 7) is 4.80. The van der Waals surface area contributed by atoms with Crippen LogP contribution in [0.3, 0.4) is 0 Å². The Hall–Kier alpha value is -1.02. The summed E-state index contributed by atoms with van der Waals surface area (Å²) in [7, 11) is 1.60. The number of rotatable bonds is 36. The van der Waals surface area contributed by atoms with Crippen LogP contribution in [0.5, 0.6) is 0 Å². The van der Waals surface area contributed by atoms with Gasteiger partial charge >= 0.3 is 7.82 Å². The van der Waals surface area contributed by atoms with Crippen molar-refractivity contribution in [2.75, 3.05) is 40.9 Å². The number of likely N-dealkylation sites (N-methyl/N-ethyl adjacent to an activating group) is 1. The van der Waals surface area contributed by atoms with Crippen LogP contribution in [-0.4, -0.2) is 73.4 Å². The van der Waals surface area contributed by atoms with Crippen molar-refractivity contribution in [2.45, 2.75) is 187 Å². The van der Waals surface area contributed by atoms with E-state index in [1.807, 2.05) is 21.1 Å². The van der Waals surface area contributed by atoms with Crippen LogP contribution < -0.4 is 5.32 Å². The van der Waals surface area contributed by atoms with Gasteiger partial charge < -0.3 is 19.8 Å². The van der Waals surface area contributed by atoms with Crippen LogP contribution in [0.4, 0.5) is 0 Å². The highest BCUT2D eigenvalue weighted by atomic mass is 31.2. The molecule has 1 amide bonds. The van der Waals surface area contributed by atoms with Crippen LogP contribution in [0.1, 0.15) is 174 Å². The van der Waals surface area contributed by atoms with E-state index in [9.17, 15) is 19.4 Å². The molecule has 0 spiro atoms. The molecule has 3 atom stereocenters. The van der Waals surface area contributed by atoms with Gasteiger partial charge in [0.15, 0.2) is 0 Å². The minimum absolute atomic E-state index is 0.0720. The van der Waals surface area contributed by atoms with E-state index in [4.69, 9.17) is 9.05 Å². The molecule has 0 heterocycles. The van der Waals surface area contributed by atoms with Crippen LogP contribution in [0.15, 0.2) is 24.3 Å². The van der Waals surface area contributed by atoms with E-state index in [0.29, 0.717) is 23.9 Å². The standard InChI is InChI=1S/C40H79N2O6P/c1-6-8-10-12-14-16-18-20-22-23-25-27-29-31-33-39(43)38(37-48-49(45,46)47-36-35-42(3,4)5)41-40(44)34-32-30-28-26-24-21-19-17-15-13-11-9-7-2/h11,13,17,19,38-39,43H,6-10,12,14-16,18,20-37H2,1-5H3,(H-,41,44,45,46)/p+1/b13-11-,19-17-. The molecule has 290 valence electrons. The summed E-state index contributed by atoms with van der Waals surface area (Å²) in [5.41, 5.74) is 0. The zero-order chi connectivity index (χ0) is 36.5. The van der Waals surface area contributed by atoms with E-state index in [2.05, 4.69) is 43.5 Å². The van der Waals surface area contributed by atoms with Crippen LogP contribution in [0.2, 0.25) is 0 Å². The number of aliphatic hydroxyl groups excluding tert-OH is 1. The second-order valence-electron chi connectivity index (χ2n) is 15.0. The lowest BCUT2D eigenvalue weighted by molar-refractivity contribution is -0.870. The first-order chi connectivity index (χ1) is 23.5. The van der Waals surface area contributed by atoms with Gasteiger partial charge in [-0.25, -0.2) is 4.57 Å². The molecule has 49 heavy (non-hydrogen) atoms. The molecule has 0 fully saturated rings. The van der Waals surface area contributed by atoms with Gasteiger partial charge in [0.05, 0.1) is 39.9 Å². The molecule has 8 nitrogen and oxygen atoms in total. The number of nitrogens with one attached hydrogen (secondary N) is 1. The number of carbonyl (C=O) groups is 1. The van der Waals surface area contributed by atoms with E-state index in [-0.39, 0.29) is 19.1 Å². The Morgan fingerprint density at radius 1 is 0.694 bits per heavy atom. The predicted octanol–water partition coefficient (Wildman–Crippen LogP) is 10.6. The van der Waals surface area contributed by atoms with E-state index in [1.165, 1.54) is 77.0 Å². The van der Waals surface area contributed by atoms with Gasteiger partial charge in [-0.2, -0.15) is 0 Å². The zero-order valence-electron chi connectivity index (χ0n) is 32.7. The van der Waals surface area contributed by atoms with Gasteiger partial charge in [-0.1, -0.05) is 154 Å². The SMILES string of the molecule is CCC/C=C\C/C=C\CCCCCCCC(=O)NC(COP(=O)(O)OCC[N+](C)(C)C)C(O)CCCCCCCCCCCCCCCC. The minimum Gasteiger partial charge on any atom is -0.391 e. The Bertz CT molecular complexity index is 860. The van der Waals surface area contributed by atoms with Gasteiger partial charge in [-0.05, 0) is 38.5 Å². The molecule has 0 rings (SSSR count). The average molecular weight is 716 g/mol. The zero-order valence-corrected chi connectivity index (χ0v) is 33.6. The fraction of sp³-hybridized carbons (Fsp3) is 0.875. The Balaban J connectivity index is 4.46. The maximum Gasteiger partial charge on any atom is 0.472 e. The van der Waals surface area contributed by atoms with E-state index < -0.39 is 20.0 Å². The smallest absolute Gasteiger partial charge is 0.391 e. The number of unbranched alkanes of at least 4 members (excludes halogenated alkanes) is 19. The van der Waals surface area contributed by atoms with Gasteiger partial charge in [0.2, 0.25) is 5.91 Å². The van der Waals surface area contributed by atoms with E-state index in [0.717, 1.165) is 70.6 Å². The fourth-order valence-corrected chi connectivity index (χ4v) is 6.41. The number of hydrogen-bond acceptors (Lipinski definition) is 5. The van der Waals surface area contributed by atoms with Gasteiger partial charge in [-0.15, -0.1) is 0 Å². The first-order valence-corrected chi connectivity index (χ1v) is 21.7. The molecule has 0 saturated carbocycles. The number of allylic oxidation sites excluding steroid dienone is 4. The maximum atomic E-state index is 12.8. The lowest BCUT2D eigenvalue weighted by Gasteiger charge is -2.26. The number of amides is 1. The van der Waals surface area contributed by atoms with Crippen molar-refractivity contribution in [3.8, 4) is 0 Å². The van der Waals surface area contributed by atoms with Crippen molar-refractivity contribution >= 4 is 13.7 Å². The molecule has 0 aliphatic rings. The first kappa shape index (κ1) is 48.0. The molecule has 0 aliphatic carbocycles. The largest absolute Gasteiger partial charge is 0.472 e. The van der Waals surface area contributed by atoms with Crippen LogP contribution in [0.25, 0.3) is 0 Å². The summed E-state index contributed by atoms with van der Waals surface area (Å²) in [4.78, 5) is 23.0. The highest BCUT2D eigenvalue weighted by Crippen LogP contribution is 2.43. The molecule has 0 aromatic heterocycles. The average Bonchev–Trinajstić information content (AvgIpc) is 3.04. The van der Waals surface area contributed by atoms with Crippen LogP contribution in [0, 0.1) is 0 Å². The van der Waals surface area contributed by atoms with Crippen LogP contribution >= 0.6 is 7.82 Å². The third-order valence-electron chi connectivity index (χ3n) is 8.93.